The van der Waals surface area contributed by atoms with E-state index in [0.29, 0.717) is 11.3 Å². The fraction of sp³-hybridized carbons (Fsp3) is 0.130. The fourth-order valence-corrected chi connectivity index (χ4v) is 4.21. The standard InChI is InChI=1S/C23H18FN3O5S/c1-32-21(29)13-27-22(30)19(33-23(27)31)10-14-11-26(18-5-3-2-4-17(14)18)12-20(28)25-16-8-6-15(24)7-9-16/h2-11H,12-13H2,1H3,(H,25,28). The van der Waals surface area contributed by atoms with Gasteiger partial charge in [-0.1, -0.05) is 18.2 Å². The van der Waals surface area contributed by atoms with Crippen molar-refractivity contribution in [3.63, 3.8) is 0 Å². The molecule has 0 unspecified atom stereocenters. The second-order valence-corrected chi connectivity index (χ2v) is 8.12. The highest BCUT2D eigenvalue weighted by Crippen LogP contribution is 2.34. The molecule has 0 radical (unpaired) electrons. The molecule has 0 bridgehead atoms. The fourth-order valence-electron chi connectivity index (χ4n) is 3.38. The molecule has 0 atom stereocenters. The molecule has 10 heteroatoms. The highest BCUT2D eigenvalue weighted by atomic mass is 32.2. The number of ether oxygens (including phenoxy) is 1. The summed E-state index contributed by atoms with van der Waals surface area (Å²) in [5.41, 5.74) is 1.87. The van der Waals surface area contributed by atoms with Gasteiger partial charge in [-0.05, 0) is 48.2 Å². The van der Waals surface area contributed by atoms with Crippen molar-refractivity contribution < 1.29 is 28.3 Å². The van der Waals surface area contributed by atoms with Crippen molar-refractivity contribution in [2.45, 2.75) is 6.54 Å². The second-order valence-electron chi connectivity index (χ2n) is 7.13. The highest BCUT2D eigenvalue weighted by Gasteiger charge is 2.36. The van der Waals surface area contributed by atoms with E-state index in [1.165, 1.54) is 31.4 Å². The molecule has 168 valence electrons. The Bertz CT molecular complexity index is 1300. The van der Waals surface area contributed by atoms with E-state index in [1.807, 2.05) is 24.3 Å². The van der Waals surface area contributed by atoms with Crippen LogP contribution >= 0.6 is 11.8 Å². The van der Waals surface area contributed by atoms with Crippen LogP contribution in [0.1, 0.15) is 5.56 Å². The third-order valence-electron chi connectivity index (χ3n) is 4.94. The number of methoxy groups -OCH3 is 1. The molecular formula is C23H18FN3O5S. The van der Waals surface area contributed by atoms with Gasteiger partial charge in [0.05, 0.1) is 12.0 Å². The first-order chi connectivity index (χ1) is 15.9. The zero-order chi connectivity index (χ0) is 23.5. The summed E-state index contributed by atoms with van der Waals surface area (Å²) >= 11 is 0.735. The van der Waals surface area contributed by atoms with Gasteiger partial charge in [0.2, 0.25) is 5.91 Å². The Morgan fingerprint density at radius 2 is 1.82 bits per heavy atom. The Hall–Kier alpha value is -3.92. The smallest absolute Gasteiger partial charge is 0.325 e. The number of thioether (sulfide) groups is 1. The van der Waals surface area contributed by atoms with Gasteiger partial charge in [0.15, 0.2) is 0 Å². The molecule has 8 nitrogen and oxygen atoms in total. The molecule has 2 aromatic carbocycles. The molecule has 1 aliphatic rings. The summed E-state index contributed by atoms with van der Waals surface area (Å²) in [5, 5.41) is 2.94. The summed E-state index contributed by atoms with van der Waals surface area (Å²) in [6.07, 6.45) is 3.28. The maximum atomic E-state index is 13.1. The Balaban J connectivity index is 1.59. The molecule has 3 amide bonds. The number of fused-ring (bicyclic) bond motifs is 1. The van der Waals surface area contributed by atoms with E-state index in [4.69, 9.17) is 0 Å². The Morgan fingerprint density at radius 1 is 1.09 bits per heavy atom. The zero-order valence-corrected chi connectivity index (χ0v) is 18.2. The predicted octanol–water partition coefficient (Wildman–Crippen LogP) is 3.63. The Kier molecular flexibility index (Phi) is 6.27. The molecule has 33 heavy (non-hydrogen) atoms. The topological polar surface area (TPSA) is 97.7 Å². The third kappa shape index (κ3) is 4.80. The number of amides is 3. The maximum Gasteiger partial charge on any atom is 0.325 e. The van der Waals surface area contributed by atoms with Crippen molar-refractivity contribution in [2.24, 2.45) is 0 Å². The quantitative estimate of drug-likeness (QED) is 0.439. The van der Waals surface area contributed by atoms with Gasteiger partial charge < -0.3 is 14.6 Å². The molecular weight excluding hydrogens is 449 g/mol. The lowest BCUT2D eigenvalue weighted by Crippen LogP contribution is -2.34. The molecule has 1 aliphatic heterocycles. The molecule has 2 heterocycles. The average molecular weight is 467 g/mol. The number of halogens is 1. The van der Waals surface area contributed by atoms with Crippen LogP contribution in [0.4, 0.5) is 14.9 Å². The number of hydrogen-bond donors (Lipinski definition) is 1. The van der Waals surface area contributed by atoms with Crippen LogP contribution in [-0.2, 0) is 25.7 Å². The summed E-state index contributed by atoms with van der Waals surface area (Å²) in [5.74, 6) is -1.99. The van der Waals surface area contributed by atoms with Gasteiger partial charge in [0.25, 0.3) is 11.1 Å². The van der Waals surface area contributed by atoms with Crippen LogP contribution in [0.5, 0.6) is 0 Å². The highest BCUT2D eigenvalue weighted by molar-refractivity contribution is 8.18. The molecule has 4 rings (SSSR count). The van der Waals surface area contributed by atoms with E-state index < -0.39 is 29.5 Å². The van der Waals surface area contributed by atoms with Crippen molar-refractivity contribution in [1.82, 2.24) is 9.47 Å². The molecule has 0 saturated carbocycles. The van der Waals surface area contributed by atoms with Crippen molar-refractivity contribution >= 4 is 57.5 Å². The van der Waals surface area contributed by atoms with Crippen molar-refractivity contribution in [3.05, 3.63) is 71.0 Å². The van der Waals surface area contributed by atoms with Crippen molar-refractivity contribution in [2.75, 3.05) is 19.0 Å². The number of carbonyl (C=O) groups is 4. The molecule has 1 fully saturated rings. The van der Waals surface area contributed by atoms with Crippen LogP contribution in [0, 0.1) is 5.82 Å². The van der Waals surface area contributed by atoms with Crippen LogP contribution in [0.25, 0.3) is 17.0 Å². The van der Waals surface area contributed by atoms with Gasteiger partial charge in [-0.2, -0.15) is 0 Å². The molecule has 0 aliphatic carbocycles. The van der Waals surface area contributed by atoms with Gasteiger partial charge >= 0.3 is 5.97 Å². The number of nitrogens with one attached hydrogen (secondary N) is 1. The zero-order valence-electron chi connectivity index (χ0n) is 17.4. The number of para-hydroxylation sites is 1. The van der Waals surface area contributed by atoms with Gasteiger partial charge in [-0.25, -0.2) is 4.39 Å². The van der Waals surface area contributed by atoms with E-state index in [-0.39, 0.29) is 17.4 Å². The van der Waals surface area contributed by atoms with Gasteiger partial charge in [-0.15, -0.1) is 0 Å². The number of carbonyl (C=O) groups excluding carboxylic acids is 4. The van der Waals surface area contributed by atoms with E-state index in [2.05, 4.69) is 10.1 Å². The number of hydrogen-bond acceptors (Lipinski definition) is 6. The first-order valence-corrected chi connectivity index (χ1v) is 10.6. The SMILES string of the molecule is COC(=O)CN1C(=O)SC(=Cc2cn(CC(=O)Nc3ccc(F)cc3)c3ccccc23)C1=O. The lowest BCUT2D eigenvalue weighted by atomic mass is 10.1. The number of esters is 1. The first kappa shape index (κ1) is 22.3. The van der Waals surface area contributed by atoms with Crippen LogP contribution in [0.15, 0.2) is 59.6 Å². The van der Waals surface area contributed by atoms with Crippen molar-refractivity contribution in [1.29, 1.82) is 0 Å². The summed E-state index contributed by atoms with van der Waals surface area (Å²) in [6.45, 7) is -0.473. The number of nitrogens with zero attached hydrogens (tertiary/aromatic N) is 2. The van der Waals surface area contributed by atoms with E-state index in [9.17, 15) is 23.6 Å². The normalized spacial score (nSPS) is 14.8. The van der Waals surface area contributed by atoms with E-state index >= 15 is 0 Å². The summed E-state index contributed by atoms with van der Waals surface area (Å²) < 4.78 is 19.3. The monoisotopic (exact) mass is 467 g/mol. The lowest BCUT2D eigenvalue weighted by Gasteiger charge is -2.09. The third-order valence-corrected chi connectivity index (χ3v) is 5.84. The molecule has 1 aromatic heterocycles. The Labute approximate surface area is 192 Å². The van der Waals surface area contributed by atoms with Crippen LogP contribution < -0.4 is 5.32 Å². The minimum absolute atomic E-state index is 0.0183. The number of imide groups is 1. The first-order valence-electron chi connectivity index (χ1n) is 9.81. The molecule has 1 N–H and O–H groups in total. The molecule has 3 aromatic rings. The predicted molar refractivity (Wildman–Crippen MR) is 122 cm³/mol. The summed E-state index contributed by atoms with van der Waals surface area (Å²) in [7, 11) is 1.18. The largest absolute Gasteiger partial charge is 0.468 e. The number of rotatable bonds is 6. The number of anilines is 1. The van der Waals surface area contributed by atoms with Crippen molar-refractivity contribution in [3.8, 4) is 0 Å². The van der Waals surface area contributed by atoms with Gasteiger partial charge in [-0.3, -0.25) is 24.1 Å². The van der Waals surface area contributed by atoms with Gasteiger partial charge in [0.1, 0.15) is 18.9 Å². The molecule has 0 spiro atoms. The molecule has 1 saturated heterocycles. The maximum absolute atomic E-state index is 13.1. The van der Waals surface area contributed by atoms with E-state index in [1.54, 1.807) is 16.8 Å². The average Bonchev–Trinajstić information content (AvgIpc) is 3.27. The Morgan fingerprint density at radius 3 is 2.55 bits per heavy atom. The van der Waals surface area contributed by atoms with Crippen LogP contribution in [-0.4, -0.2) is 46.1 Å². The van der Waals surface area contributed by atoms with Gasteiger partial charge in [0, 0.05) is 28.4 Å². The minimum atomic E-state index is -0.692. The second kappa shape index (κ2) is 9.29. The summed E-state index contributed by atoms with van der Waals surface area (Å²) in [4.78, 5) is 49.8. The summed E-state index contributed by atoms with van der Waals surface area (Å²) in [6, 6.07) is 12.8. The van der Waals surface area contributed by atoms with Crippen LogP contribution in [0.3, 0.4) is 0 Å². The number of benzene rings is 2. The number of aromatic nitrogens is 1. The van der Waals surface area contributed by atoms with Crippen LogP contribution in [0.2, 0.25) is 0 Å². The lowest BCUT2D eigenvalue weighted by molar-refractivity contribution is -0.143. The van der Waals surface area contributed by atoms with E-state index in [0.717, 1.165) is 27.6 Å². The minimum Gasteiger partial charge on any atom is -0.468 e.